The number of halogens is 4. The molecule has 158 valence electrons. The normalized spacial score (nSPS) is 16.8. The summed E-state index contributed by atoms with van der Waals surface area (Å²) in [6, 6.07) is 3.68. The van der Waals surface area contributed by atoms with Crippen LogP contribution in [-0.4, -0.2) is 27.5 Å². The second-order valence-corrected chi connectivity index (χ2v) is 8.33. The third-order valence-corrected chi connectivity index (χ3v) is 6.24. The number of benzene rings is 2. The van der Waals surface area contributed by atoms with E-state index in [0.29, 0.717) is 13.0 Å². The highest BCUT2D eigenvalue weighted by atomic mass is 79.9. The average Bonchev–Trinajstić information content (AvgIpc) is 3.22. The lowest BCUT2D eigenvalue weighted by Crippen LogP contribution is -2.18. The number of fused-ring (bicyclic) bond motifs is 1. The molecule has 1 saturated heterocycles. The van der Waals surface area contributed by atoms with Crippen LogP contribution in [0.15, 0.2) is 29.0 Å². The zero-order chi connectivity index (χ0) is 21.4. The van der Waals surface area contributed by atoms with Gasteiger partial charge in [-0.15, -0.1) is 11.8 Å². The minimum atomic E-state index is -1.20. The summed E-state index contributed by atoms with van der Waals surface area (Å²) in [4.78, 5) is 4.22. The van der Waals surface area contributed by atoms with Crippen LogP contribution < -0.4 is 4.74 Å². The first-order chi connectivity index (χ1) is 14.4. The van der Waals surface area contributed by atoms with Gasteiger partial charge < -0.3 is 14.0 Å². The number of nitrogens with one attached hydrogen (secondary N) is 1. The largest absolute Gasteiger partial charge is 0.453 e. The number of imidazole rings is 1. The maximum atomic E-state index is 15.0. The minimum Gasteiger partial charge on any atom is -0.453 e. The summed E-state index contributed by atoms with van der Waals surface area (Å²) < 4.78 is 56.9. The van der Waals surface area contributed by atoms with Gasteiger partial charge in [0.15, 0.2) is 11.6 Å². The Balaban J connectivity index is 1.77. The first kappa shape index (κ1) is 21.2. The summed E-state index contributed by atoms with van der Waals surface area (Å²) >= 11 is 4.32. The maximum absolute atomic E-state index is 15.0. The molecule has 0 spiro atoms. The molecule has 2 heterocycles. The van der Waals surface area contributed by atoms with Crippen molar-refractivity contribution in [2.45, 2.75) is 25.5 Å². The van der Waals surface area contributed by atoms with Gasteiger partial charge in [0.1, 0.15) is 28.8 Å². The van der Waals surface area contributed by atoms with Crippen LogP contribution in [0.4, 0.5) is 13.2 Å². The number of nitrogens with zero attached hydrogens (tertiary/aromatic N) is 2. The van der Waals surface area contributed by atoms with E-state index in [9.17, 15) is 8.78 Å². The smallest absolute Gasteiger partial charge is 0.204 e. The first-order valence-corrected chi connectivity index (χ1v) is 11.2. The monoisotopic (exact) mass is 499 g/mol. The van der Waals surface area contributed by atoms with Crippen molar-refractivity contribution >= 4 is 43.8 Å². The highest BCUT2D eigenvalue weighted by Crippen LogP contribution is 2.41. The van der Waals surface area contributed by atoms with Gasteiger partial charge in [-0.25, -0.2) is 13.8 Å². The van der Waals surface area contributed by atoms with Crippen molar-refractivity contribution in [3.05, 3.63) is 52.0 Å². The van der Waals surface area contributed by atoms with Crippen LogP contribution in [0.2, 0.25) is 0 Å². The quantitative estimate of drug-likeness (QED) is 0.256. The zero-order valence-corrected chi connectivity index (χ0v) is 18.2. The molecule has 5 nitrogen and oxygen atoms in total. The van der Waals surface area contributed by atoms with Crippen molar-refractivity contribution in [3.63, 3.8) is 0 Å². The number of aromatic nitrogens is 2. The molecule has 1 unspecified atom stereocenters. The molecule has 4 rings (SSSR count). The SMILES string of the molecule is CSC(=N)c1cc(Oc2c(F)c(F)c3c(ncn3C3CCCCO3)c2Br)ccc1F. The van der Waals surface area contributed by atoms with Gasteiger partial charge in [0.2, 0.25) is 5.82 Å². The van der Waals surface area contributed by atoms with E-state index >= 15 is 4.39 Å². The molecule has 1 atom stereocenters. The summed E-state index contributed by atoms with van der Waals surface area (Å²) in [5.74, 6) is -3.23. The lowest BCUT2D eigenvalue weighted by molar-refractivity contribution is -0.0297. The first-order valence-electron chi connectivity index (χ1n) is 9.17. The molecule has 0 aliphatic carbocycles. The predicted molar refractivity (Wildman–Crippen MR) is 113 cm³/mol. The summed E-state index contributed by atoms with van der Waals surface area (Å²) in [5, 5.41) is 7.81. The molecule has 1 N–H and O–H groups in total. The van der Waals surface area contributed by atoms with Crippen LogP contribution in [-0.2, 0) is 4.74 Å². The van der Waals surface area contributed by atoms with Gasteiger partial charge >= 0.3 is 0 Å². The maximum Gasteiger partial charge on any atom is 0.204 e. The van der Waals surface area contributed by atoms with Crippen LogP contribution >= 0.6 is 27.7 Å². The Morgan fingerprint density at radius 2 is 2.10 bits per heavy atom. The molecule has 1 aliphatic heterocycles. The van der Waals surface area contributed by atoms with Crippen LogP contribution in [0.25, 0.3) is 11.0 Å². The summed E-state index contributed by atoms with van der Waals surface area (Å²) in [5.41, 5.74) is 0.191. The average molecular weight is 500 g/mol. The van der Waals surface area contributed by atoms with E-state index in [0.717, 1.165) is 30.7 Å². The van der Waals surface area contributed by atoms with Crippen molar-refractivity contribution in [1.29, 1.82) is 5.41 Å². The Bertz CT molecular complexity index is 1130. The van der Waals surface area contributed by atoms with Gasteiger partial charge in [-0.1, -0.05) is 0 Å². The van der Waals surface area contributed by atoms with Crippen LogP contribution in [0, 0.1) is 22.9 Å². The van der Waals surface area contributed by atoms with Crippen molar-refractivity contribution in [2.24, 2.45) is 0 Å². The third kappa shape index (κ3) is 3.72. The Morgan fingerprint density at radius 1 is 1.30 bits per heavy atom. The predicted octanol–water partition coefficient (Wildman–Crippen LogP) is 6.40. The van der Waals surface area contributed by atoms with E-state index in [2.05, 4.69) is 20.9 Å². The van der Waals surface area contributed by atoms with Crippen molar-refractivity contribution < 1.29 is 22.6 Å². The van der Waals surface area contributed by atoms with Crippen molar-refractivity contribution in [2.75, 3.05) is 12.9 Å². The second-order valence-electron chi connectivity index (χ2n) is 6.72. The van der Waals surface area contributed by atoms with E-state index in [-0.39, 0.29) is 31.9 Å². The fraction of sp³-hybridized carbons (Fsp3) is 0.300. The molecule has 1 fully saturated rings. The van der Waals surface area contributed by atoms with E-state index in [4.69, 9.17) is 14.9 Å². The number of rotatable bonds is 4. The summed E-state index contributed by atoms with van der Waals surface area (Å²) in [6.07, 6.45) is 5.19. The molecule has 3 aromatic rings. The molecule has 0 amide bonds. The molecule has 30 heavy (non-hydrogen) atoms. The number of thioether (sulfide) groups is 1. The second kappa shape index (κ2) is 8.60. The Labute approximate surface area is 183 Å². The molecular formula is C20H17BrF3N3O2S. The van der Waals surface area contributed by atoms with Crippen LogP contribution in [0.5, 0.6) is 11.5 Å². The van der Waals surface area contributed by atoms with Crippen LogP contribution in [0.1, 0.15) is 31.1 Å². The topological polar surface area (TPSA) is 60.1 Å². The van der Waals surface area contributed by atoms with Gasteiger partial charge in [0.05, 0.1) is 15.8 Å². The molecule has 1 aromatic heterocycles. The van der Waals surface area contributed by atoms with E-state index < -0.39 is 29.4 Å². The Hall–Kier alpha value is -2.04. The fourth-order valence-electron chi connectivity index (χ4n) is 3.37. The lowest BCUT2D eigenvalue weighted by Gasteiger charge is -2.24. The highest BCUT2D eigenvalue weighted by Gasteiger charge is 2.27. The number of hydrogen-bond acceptors (Lipinski definition) is 5. The van der Waals surface area contributed by atoms with Gasteiger partial charge in [-0.2, -0.15) is 4.39 Å². The third-order valence-electron chi connectivity index (χ3n) is 4.87. The van der Waals surface area contributed by atoms with Gasteiger partial charge in [-0.05, 0) is 59.6 Å². The van der Waals surface area contributed by atoms with E-state index in [1.807, 2.05) is 0 Å². The van der Waals surface area contributed by atoms with Crippen molar-refractivity contribution in [3.8, 4) is 11.5 Å². The molecule has 1 aliphatic rings. The Kier molecular flexibility index (Phi) is 6.08. The standard InChI is InChI=1S/C20H17BrF3N3O2S/c1-30-20(25)11-8-10(5-6-12(11)22)29-19-14(21)17-18(15(23)16(19)24)27(9-26-17)13-4-2-3-7-28-13/h5-6,8-9,13,25H,2-4,7H2,1H3. The van der Waals surface area contributed by atoms with Gasteiger partial charge in [-0.3, -0.25) is 5.41 Å². The molecular weight excluding hydrogens is 483 g/mol. The number of hydrogen-bond donors (Lipinski definition) is 1. The summed E-state index contributed by atoms with van der Waals surface area (Å²) in [6.45, 7) is 0.550. The van der Waals surface area contributed by atoms with E-state index in [1.54, 1.807) is 6.26 Å². The van der Waals surface area contributed by atoms with Gasteiger partial charge in [0.25, 0.3) is 0 Å². The fourth-order valence-corrected chi connectivity index (χ4v) is 4.29. The summed E-state index contributed by atoms with van der Waals surface area (Å²) in [7, 11) is 0. The number of ether oxygens (including phenoxy) is 2. The molecule has 10 heteroatoms. The van der Waals surface area contributed by atoms with Crippen LogP contribution in [0.3, 0.4) is 0 Å². The molecule has 0 radical (unpaired) electrons. The molecule has 0 bridgehead atoms. The lowest BCUT2D eigenvalue weighted by atomic mass is 10.2. The molecule has 2 aromatic carbocycles. The Morgan fingerprint density at radius 3 is 2.80 bits per heavy atom. The minimum absolute atomic E-state index is 0.00894. The highest BCUT2D eigenvalue weighted by molar-refractivity contribution is 9.10. The zero-order valence-electron chi connectivity index (χ0n) is 15.8. The van der Waals surface area contributed by atoms with Crippen molar-refractivity contribution in [1.82, 2.24) is 9.55 Å². The molecule has 0 saturated carbocycles. The van der Waals surface area contributed by atoms with E-state index in [1.165, 1.54) is 23.0 Å². The van der Waals surface area contributed by atoms with Gasteiger partial charge in [0, 0.05) is 12.2 Å².